The monoisotopic (exact) mass is 1440 g/mol. The van der Waals surface area contributed by atoms with Crippen LogP contribution >= 0.6 is 0 Å². The third-order valence-corrected chi connectivity index (χ3v) is 15.4. The summed E-state index contributed by atoms with van der Waals surface area (Å²) in [6.07, 6.45) is 16.9. The lowest BCUT2D eigenvalue weighted by Gasteiger charge is -2.31. The van der Waals surface area contributed by atoms with Crippen molar-refractivity contribution in [3.63, 3.8) is 0 Å². The van der Waals surface area contributed by atoms with E-state index in [2.05, 4.69) is 115 Å². The highest BCUT2D eigenvalue weighted by molar-refractivity contribution is 5.89. The Bertz CT molecular complexity index is 3750. The van der Waals surface area contributed by atoms with Gasteiger partial charge in [0.1, 0.15) is 78.5 Å². The third-order valence-electron chi connectivity index (χ3n) is 15.4. The number of amides is 3. The number of carbonyl (C=O) groups excluding carboxylic acids is 3. The number of carboxylic acids is 6. The molecule has 0 unspecified atom stereocenters. The molecule has 0 atom stereocenters. The number of anilines is 6. The van der Waals surface area contributed by atoms with Crippen LogP contribution in [0.4, 0.5) is 39.7 Å². The number of hydrogen-bond acceptors (Lipinski definition) is 30. The molecule has 3 amide bonds. The number of primary amides is 2. The molecule has 0 bridgehead atoms. The second kappa shape index (κ2) is 42.4. The van der Waals surface area contributed by atoms with E-state index in [-0.39, 0.29) is 58.4 Å². The number of aromatic nitrogens is 12. The maximum absolute atomic E-state index is 11.4. The molecule has 4 fully saturated rings. The van der Waals surface area contributed by atoms with Crippen LogP contribution in [-0.4, -0.2) is 258 Å². The normalized spacial score (nSPS) is 14.8. The molecule has 0 spiro atoms. The Hall–Kier alpha value is -11.8. The summed E-state index contributed by atoms with van der Waals surface area (Å²) in [5, 5.41) is 67.3. The third kappa shape index (κ3) is 31.5. The van der Waals surface area contributed by atoms with E-state index in [0.717, 1.165) is 83.6 Å². The number of hydrogen-bond donors (Lipinski definition) is 13. The lowest BCUT2D eigenvalue weighted by Crippen LogP contribution is -2.39. The number of likely N-dealkylation sites (tertiary alicyclic amines) is 2. The van der Waals surface area contributed by atoms with Crippen LogP contribution in [0.25, 0.3) is 0 Å². The van der Waals surface area contributed by atoms with Crippen molar-refractivity contribution in [3.8, 4) is 0 Å². The molecule has 10 rings (SSSR count). The van der Waals surface area contributed by atoms with Crippen LogP contribution in [-0.2, 0) is 14.3 Å². The van der Waals surface area contributed by atoms with Gasteiger partial charge >= 0.3 is 41.9 Å². The first-order valence-electron chi connectivity index (χ1n) is 32.7. The number of ether oxygens (including phenoxy) is 1. The van der Waals surface area contributed by atoms with Gasteiger partial charge in [-0.2, -0.15) is 0 Å². The number of nitrogens with two attached hydrogens (primary N) is 2. The number of alkyl carbamates (subject to hydrolysis) is 1. The summed E-state index contributed by atoms with van der Waals surface area (Å²) in [4.78, 5) is 151. The molecular weight excluding hydrogens is 1350 g/mol. The van der Waals surface area contributed by atoms with Gasteiger partial charge in [0, 0.05) is 94.2 Å². The predicted octanol–water partition coefficient (Wildman–Crippen LogP) is 3.22. The molecular formula is C64H89N23O16. The molecule has 0 saturated carbocycles. The Morgan fingerprint density at radius 2 is 0.835 bits per heavy atom. The highest BCUT2D eigenvalue weighted by atomic mass is 16.6. The summed E-state index contributed by atoms with van der Waals surface area (Å²) in [5.41, 5.74) is 9.48. The highest BCUT2D eigenvalue weighted by Gasteiger charge is 2.25. The van der Waals surface area contributed by atoms with Crippen LogP contribution in [0, 0.1) is 11.8 Å². The van der Waals surface area contributed by atoms with Crippen LogP contribution < -0.4 is 47.9 Å². The van der Waals surface area contributed by atoms with E-state index in [9.17, 15) is 43.2 Å². The smallest absolute Gasteiger partial charge is 0.407 e. The van der Waals surface area contributed by atoms with Crippen molar-refractivity contribution in [1.82, 2.24) is 74.9 Å². The van der Waals surface area contributed by atoms with Crippen LogP contribution in [0.3, 0.4) is 0 Å². The Morgan fingerprint density at radius 3 is 1.25 bits per heavy atom. The highest BCUT2D eigenvalue weighted by Crippen LogP contribution is 2.23. The molecule has 6 aromatic rings. The minimum atomic E-state index is -1.16. The molecule has 39 heteroatoms. The van der Waals surface area contributed by atoms with Gasteiger partial charge in [-0.05, 0) is 131 Å². The fourth-order valence-corrected chi connectivity index (χ4v) is 9.92. The standard InChI is InChI=1S/C13H20N4O4.C12H18N4O2.C11H14N4O3.C11H16N4O2.C10H13N3O2.C7H8N4O3/c1-13(2,3)21-12(20)15-6-4-5-14-10-7-9(11(18)19)16-8-17-10;1-16-4-2-9(3-5-16)7-13-11-6-10(12(17)18)14-8-15-11;12-10(16)7-1-3-15(4-2-7)9-5-8(11(17)18)13-6-14-9;1-15-4-2-8(3-5-15)14-10-6-9(11(16)17)12-7-13-10;14-10(15)8-6-9(12-7-11-8)13-4-2-1-3-5-13;8-5(12)2-9-6-1-4(7(13)14)10-3-11-6/h7-8H,4-6H2,1-3H3,(H,15,20)(H,18,19)(H,14,16,17);6,8-9H,2-5,7H2,1H3,(H,17,18)(H,13,14,15);5-7H,1-4H2,(H2,12,16)(H,17,18);6-8H,2-5H2,1H3,(H,16,17)(H,12,13,14);6-7H,1-5H2,(H,14,15);1,3H,2H2,(H2,8,12)(H,13,14)(H,9,10,11). The zero-order chi connectivity index (χ0) is 75.4. The Morgan fingerprint density at radius 1 is 0.456 bits per heavy atom. The average molecular weight is 1440 g/mol. The summed E-state index contributed by atoms with van der Waals surface area (Å²) in [6.45, 7) is 14.6. The average Bonchev–Trinajstić information content (AvgIpc) is 0.856. The van der Waals surface area contributed by atoms with E-state index in [1.807, 2.05) is 4.90 Å². The Labute approximate surface area is 592 Å². The van der Waals surface area contributed by atoms with E-state index >= 15 is 0 Å². The van der Waals surface area contributed by atoms with E-state index < -0.39 is 53.4 Å². The van der Waals surface area contributed by atoms with Crippen molar-refractivity contribution in [2.75, 3.05) is 124 Å². The largest absolute Gasteiger partial charge is 0.477 e. The second-order valence-electron chi connectivity index (χ2n) is 24.6. The maximum Gasteiger partial charge on any atom is 0.407 e. The molecule has 15 N–H and O–H groups in total. The van der Waals surface area contributed by atoms with Crippen molar-refractivity contribution in [2.24, 2.45) is 23.3 Å². The van der Waals surface area contributed by atoms with Crippen molar-refractivity contribution in [1.29, 1.82) is 0 Å². The predicted molar refractivity (Wildman–Crippen MR) is 372 cm³/mol. The van der Waals surface area contributed by atoms with Crippen molar-refractivity contribution in [2.45, 2.75) is 96.6 Å². The first-order valence-corrected chi connectivity index (χ1v) is 32.7. The Balaban J connectivity index is 0.000000223. The lowest BCUT2D eigenvalue weighted by atomic mass is 9.96. The number of rotatable bonds is 22. The van der Waals surface area contributed by atoms with Crippen LogP contribution in [0.15, 0.2) is 74.4 Å². The van der Waals surface area contributed by atoms with E-state index in [0.29, 0.717) is 80.7 Å². The maximum atomic E-state index is 11.4. The first kappa shape index (κ1) is 81.9. The van der Waals surface area contributed by atoms with Crippen molar-refractivity contribution in [3.05, 3.63) is 109 Å². The molecule has 4 saturated heterocycles. The molecule has 556 valence electrons. The lowest BCUT2D eigenvalue weighted by molar-refractivity contribution is -0.122. The van der Waals surface area contributed by atoms with Gasteiger partial charge in [0.05, 0.1) is 6.54 Å². The molecule has 39 nitrogen and oxygen atoms in total. The summed E-state index contributed by atoms with van der Waals surface area (Å²) in [7, 11) is 4.23. The van der Waals surface area contributed by atoms with E-state index in [4.69, 9.17) is 46.8 Å². The summed E-state index contributed by atoms with van der Waals surface area (Å²) < 4.78 is 5.09. The first-order chi connectivity index (χ1) is 49.0. The topological polar surface area (TPSA) is 564 Å². The van der Waals surface area contributed by atoms with Gasteiger partial charge in [0.25, 0.3) is 0 Å². The number of carbonyl (C=O) groups is 9. The van der Waals surface area contributed by atoms with Gasteiger partial charge in [-0.25, -0.2) is 93.4 Å². The van der Waals surface area contributed by atoms with Crippen molar-refractivity contribution >= 4 is 88.6 Å². The van der Waals surface area contributed by atoms with Crippen LogP contribution in [0.5, 0.6) is 0 Å². The van der Waals surface area contributed by atoms with Gasteiger partial charge < -0.3 is 93.0 Å². The SMILES string of the molecule is CC(C)(C)OC(=O)NCCCNc1cc(C(=O)O)ncn1.CN1CCC(CNc2cc(C(=O)O)ncn2)CC1.CN1CCC(Nc2cc(C(=O)O)ncn2)CC1.NC(=O)C1CCN(c2cc(C(=O)O)ncn2)CC1.NC(=O)CNc1cc(C(=O)O)ncn1.O=C(O)c1cc(N2CCCCC2)ncn1. The fraction of sp³-hybridized carbons (Fsp3) is 0.484. The van der Waals surface area contributed by atoms with Gasteiger partial charge in [-0.3, -0.25) is 9.59 Å². The van der Waals surface area contributed by atoms with E-state index in [1.165, 1.54) is 87.3 Å². The molecule has 6 aromatic heterocycles. The number of nitrogens with zero attached hydrogens (tertiary/aromatic N) is 16. The molecule has 0 aliphatic carbocycles. The Kier molecular flexibility index (Phi) is 33.7. The minimum Gasteiger partial charge on any atom is -0.477 e. The molecule has 4 aliphatic rings. The summed E-state index contributed by atoms with van der Waals surface area (Å²) in [6, 6.07) is 8.84. The van der Waals surface area contributed by atoms with Gasteiger partial charge in [0.2, 0.25) is 11.8 Å². The van der Waals surface area contributed by atoms with Crippen LogP contribution in [0.1, 0.15) is 148 Å². The quantitative estimate of drug-likeness (QED) is 0.0434. The summed E-state index contributed by atoms with van der Waals surface area (Å²) in [5.74, 6) is -3.55. The number of aromatic carboxylic acids is 6. The molecule has 0 radical (unpaired) electrons. The molecule has 103 heavy (non-hydrogen) atoms. The molecule has 4 aliphatic heterocycles. The summed E-state index contributed by atoms with van der Waals surface area (Å²) >= 11 is 0. The fourth-order valence-electron chi connectivity index (χ4n) is 9.92. The molecule has 10 heterocycles. The number of carboxylic acid groups (broad SMARTS) is 6. The van der Waals surface area contributed by atoms with E-state index in [1.54, 1.807) is 20.8 Å². The number of nitrogens with one attached hydrogen (secondary N) is 5. The van der Waals surface area contributed by atoms with Crippen LogP contribution in [0.2, 0.25) is 0 Å². The van der Waals surface area contributed by atoms with Gasteiger partial charge in [-0.15, -0.1) is 0 Å². The van der Waals surface area contributed by atoms with Gasteiger partial charge in [-0.1, -0.05) is 0 Å². The minimum absolute atomic E-state index is 0.0235. The zero-order valence-corrected chi connectivity index (χ0v) is 57.8. The number of piperidine rings is 4. The van der Waals surface area contributed by atoms with Crippen molar-refractivity contribution < 1.29 is 78.5 Å². The van der Waals surface area contributed by atoms with Gasteiger partial charge in [0.15, 0.2) is 34.2 Å². The molecule has 0 aromatic carbocycles. The zero-order valence-electron chi connectivity index (χ0n) is 57.8. The second-order valence-corrected chi connectivity index (χ2v) is 24.6.